The van der Waals surface area contributed by atoms with Gasteiger partial charge in [-0.05, 0) is 31.9 Å². The number of nitrogens with zero attached hydrogens (tertiary/aromatic N) is 3. The van der Waals surface area contributed by atoms with E-state index in [2.05, 4.69) is 15.3 Å². The second-order valence-electron chi connectivity index (χ2n) is 5.68. The first-order valence-corrected chi connectivity index (χ1v) is 8.33. The fraction of sp³-hybridized carbons (Fsp3) is 0.333. The van der Waals surface area contributed by atoms with Gasteiger partial charge in [0, 0.05) is 13.1 Å². The first-order chi connectivity index (χ1) is 12.2. The number of hydrogen-bond acceptors (Lipinski definition) is 6. The molecule has 2 aromatic rings. The lowest BCUT2D eigenvalue weighted by Crippen LogP contribution is -2.28. The van der Waals surface area contributed by atoms with E-state index in [9.17, 15) is 9.59 Å². The first-order valence-electron chi connectivity index (χ1n) is 8.33. The zero-order valence-corrected chi connectivity index (χ0v) is 14.1. The molecule has 1 N–H and O–H groups in total. The molecule has 0 unspecified atom stereocenters. The van der Waals surface area contributed by atoms with Crippen molar-refractivity contribution in [3.8, 4) is 0 Å². The van der Waals surface area contributed by atoms with Gasteiger partial charge in [0.25, 0.3) is 5.91 Å². The number of amides is 1. The van der Waals surface area contributed by atoms with E-state index < -0.39 is 5.97 Å². The summed E-state index contributed by atoms with van der Waals surface area (Å²) in [6.45, 7) is 3.61. The average molecular weight is 340 g/mol. The van der Waals surface area contributed by atoms with E-state index in [0.29, 0.717) is 29.4 Å². The molecule has 0 aliphatic carbocycles. The van der Waals surface area contributed by atoms with Crippen LogP contribution in [0.1, 0.15) is 40.6 Å². The van der Waals surface area contributed by atoms with Gasteiger partial charge in [0.15, 0.2) is 0 Å². The molecular formula is C18H20N4O3. The molecule has 0 saturated carbocycles. The van der Waals surface area contributed by atoms with Crippen molar-refractivity contribution in [1.82, 2.24) is 14.9 Å². The Morgan fingerprint density at radius 2 is 1.92 bits per heavy atom. The maximum atomic E-state index is 12.3. The summed E-state index contributed by atoms with van der Waals surface area (Å²) in [5.74, 6) is -0.0439. The van der Waals surface area contributed by atoms with Crippen LogP contribution in [-0.4, -0.2) is 46.4 Å². The van der Waals surface area contributed by atoms with Crippen molar-refractivity contribution in [2.24, 2.45) is 0 Å². The maximum Gasteiger partial charge on any atom is 0.340 e. The molecule has 0 atom stereocenters. The number of anilines is 2. The first kappa shape index (κ1) is 16.9. The zero-order valence-electron chi connectivity index (χ0n) is 14.1. The Labute approximate surface area is 146 Å². The van der Waals surface area contributed by atoms with Crippen molar-refractivity contribution in [2.45, 2.75) is 19.8 Å². The summed E-state index contributed by atoms with van der Waals surface area (Å²) in [5.41, 5.74) is 1.32. The Bertz CT molecular complexity index is 755. The van der Waals surface area contributed by atoms with Gasteiger partial charge in [-0.1, -0.05) is 12.1 Å². The lowest BCUT2D eigenvalue weighted by Gasteiger charge is -2.14. The van der Waals surface area contributed by atoms with E-state index in [0.717, 1.165) is 25.9 Å². The van der Waals surface area contributed by atoms with Crippen LogP contribution in [0.15, 0.2) is 36.7 Å². The summed E-state index contributed by atoms with van der Waals surface area (Å²) in [5, 5.41) is 3.05. The maximum absolute atomic E-state index is 12.3. The third kappa shape index (κ3) is 3.93. The van der Waals surface area contributed by atoms with E-state index in [1.165, 1.54) is 12.4 Å². The second kappa shape index (κ2) is 7.74. The third-order valence-corrected chi connectivity index (χ3v) is 3.95. The Hall–Kier alpha value is -2.96. The van der Waals surface area contributed by atoms with Crippen LogP contribution in [-0.2, 0) is 4.74 Å². The predicted molar refractivity (Wildman–Crippen MR) is 92.9 cm³/mol. The quantitative estimate of drug-likeness (QED) is 0.842. The lowest BCUT2D eigenvalue weighted by molar-refractivity contribution is 0.0527. The van der Waals surface area contributed by atoms with Crippen LogP contribution in [0.2, 0.25) is 0 Å². The van der Waals surface area contributed by atoms with E-state index in [1.807, 2.05) is 6.07 Å². The number of likely N-dealkylation sites (tertiary alicyclic amines) is 1. The molecule has 1 aliphatic heterocycles. The molecule has 1 aliphatic rings. The molecular weight excluding hydrogens is 320 g/mol. The summed E-state index contributed by atoms with van der Waals surface area (Å²) in [6, 6.07) is 7.01. The number of esters is 1. The third-order valence-electron chi connectivity index (χ3n) is 3.95. The van der Waals surface area contributed by atoms with E-state index >= 15 is 0 Å². The smallest absolute Gasteiger partial charge is 0.340 e. The van der Waals surface area contributed by atoms with Crippen molar-refractivity contribution >= 4 is 23.4 Å². The Balaban J connectivity index is 1.74. The van der Waals surface area contributed by atoms with Gasteiger partial charge in [0.1, 0.15) is 11.5 Å². The number of aromatic nitrogens is 2. The Kier molecular flexibility index (Phi) is 5.23. The summed E-state index contributed by atoms with van der Waals surface area (Å²) in [6.07, 6.45) is 5.01. The minimum atomic E-state index is -0.403. The van der Waals surface area contributed by atoms with Gasteiger partial charge in [-0.3, -0.25) is 4.79 Å². The van der Waals surface area contributed by atoms with Crippen molar-refractivity contribution < 1.29 is 14.3 Å². The molecule has 3 rings (SSSR count). The summed E-state index contributed by atoms with van der Waals surface area (Å²) < 4.78 is 5.05. The fourth-order valence-corrected chi connectivity index (χ4v) is 2.70. The highest BCUT2D eigenvalue weighted by Gasteiger charge is 2.21. The largest absolute Gasteiger partial charge is 0.462 e. The molecule has 1 aromatic heterocycles. The predicted octanol–water partition coefficient (Wildman–Crippen LogP) is 2.63. The van der Waals surface area contributed by atoms with Gasteiger partial charge in [-0.2, -0.15) is 0 Å². The monoisotopic (exact) mass is 340 g/mol. The van der Waals surface area contributed by atoms with Gasteiger partial charge < -0.3 is 15.0 Å². The molecule has 25 heavy (non-hydrogen) atoms. The van der Waals surface area contributed by atoms with Crippen molar-refractivity contribution in [1.29, 1.82) is 0 Å². The van der Waals surface area contributed by atoms with Crippen molar-refractivity contribution in [2.75, 3.05) is 25.0 Å². The van der Waals surface area contributed by atoms with Crippen LogP contribution in [0.25, 0.3) is 0 Å². The molecule has 1 amide bonds. The Morgan fingerprint density at radius 1 is 1.16 bits per heavy atom. The topological polar surface area (TPSA) is 84.4 Å². The summed E-state index contributed by atoms with van der Waals surface area (Å²) >= 11 is 0. The number of carbonyl (C=O) groups is 2. The molecule has 7 heteroatoms. The van der Waals surface area contributed by atoms with Gasteiger partial charge in [-0.15, -0.1) is 0 Å². The molecule has 7 nitrogen and oxygen atoms in total. The van der Waals surface area contributed by atoms with Crippen LogP contribution in [0, 0.1) is 0 Å². The number of benzene rings is 1. The fourth-order valence-electron chi connectivity index (χ4n) is 2.70. The molecule has 0 radical (unpaired) electrons. The van der Waals surface area contributed by atoms with Gasteiger partial charge in [0.05, 0.1) is 30.3 Å². The Morgan fingerprint density at radius 3 is 2.60 bits per heavy atom. The molecule has 1 saturated heterocycles. The number of hydrogen-bond donors (Lipinski definition) is 1. The van der Waals surface area contributed by atoms with Gasteiger partial charge in [0.2, 0.25) is 0 Å². The molecule has 1 aromatic carbocycles. The van der Waals surface area contributed by atoms with Crippen LogP contribution in [0.3, 0.4) is 0 Å². The minimum Gasteiger partial charge on any atom is -0.462 e. The highest BCUT2D eigenvalue weighted by molar-refractivity contribution is 5.96. The second-order valence-corrected chi connectivity index (χ2v) is 5.68. The molecule has 1 fully saturated rings. The van der Waals surface area contributed by atoms with Gasteiger partial charge in [-0.25, -0.2) is 14.8 Å². The highest BCUT2D eigenvalue weighted by atomic mass is 16.5. The van der Waals surface area contributed by atoms with Gasteiger partial charge >= 0.3 is 5.97 Å². The molecule has 130 valence electrons. The number of para-hydroxylation sites is 1. The van der Waals surface area contributed by atoms with E-state index in [4.69, 9.17) is 4.74 Å². The normalized spacial score (nSPS) is 13.6. The van der Waals surface area contributed by atoms with Crippen LogP contribution in [0.5, 0.6) is 0 Å². The standard InChI is InChI=1S/C18H20N4O3/c1-2-25-18(24)13-7-3-4-8-14(13)21-16-12-19-15(11-20-16)17(23)22-9-5-6-10-22/h3-4,7-8,11-12H,2,5-6,9-10H2,1H3,(H,20,21). The molecule has 0 spiro atoms. The number of ether oxygens (including phenoxy) is 1. The number of nitrogens with one attached hydrogen (secondary N) is 1. The van der Waals surface area contributed by atoms with E-state index in [-0.39, 0.29) is 5.91 Å². The number of carbonyl (C=O) groups excluding carboxylic acids is 2. The average Bonchev–Trinajstić information content (AvgIpc) is 3.17. The van der Waals surface area contributed by atoms with Crippen LogP contribution >= 0.6 is 0 Å². The van der Waals surface area contributed by atoms with Crippen molar-refractivity contribution in [3.63, 3.8) is 0 Å². The number of rotatable bonds is 5. The van der Waals surface area contributed by atoms with Crippen LogP contribution in [0.4, 0.5) is 11.5 Å². The van der Waals surface area contributed by atoms with Crippen LogP contribution < -0.4 is 5.32 Å². The lowest BCUT2D eigenvalue weighted by atomic mass is 10.2. The summed E-state index contributed by atoms with van der Waals surface area (Å²) in [7, 11) is 0. The highest BCUT2D eigenvalue weighted by Crippen LogP contribution is 2.20. The minimum absolute atomic E-state index is 0.0940. The summed E-state index contributed by atoms with van der Waals surface area (Å²) in [4.78, 5) is 34.5. The molecule has 0 bridgehead atoms. The van der Waals surface area contributed by atoms with E-state index in [1.54, 1.807) is 30.0 Å². The molecule has 2 heterocycles. The van der Waals surface area contributed by atoms with Crippen molar-refractivity contribution in [3.05, 3.63) is 47.9 Å². The zero-order chi connectivity index (χ0) is 17.6. The SMILES string of the molecule is CCOC(=O)c1ccccc1Nc1cnc(C(=O)N2CCCC2)cn1.